The smallest absolute Gasteiger partial charge is 0.340 e. The summed E-state index contributed by atoms with van der Waals surface area (Å²) in [5.74, 6) is -0.0324. The van der Waals surface area contributed by atoms with Crippen LogP contribution in [0.15, 0.2) is 52.3 Å². The van der Waals surface area contributed by atoms with E-state index in [9.17, 15) is 14.0 Å². The Morgan fingerprint density at radius 1 is 1.08 bits per heavy atom. The molecule has 0 aliphatic carbocycles. The fraction of sp³-hybridized carbons (Fsp3) is 0.280. The molecule has 0 amide bonds. The molecule has 1 fully saturated rings. The van der Waals surface area contributed by atoms with Gasteiger partial charge in [-0.2, -0.15) is 4.98 Å². The highest BCUT2D eigenvalue weighted by atomic mass is 35.5. The first-order chi connectivity index (χ1) is 17.7. The first-order valence-corrected chi connectivity index (χ1v) is 12.2. The Kier molecular flexibility index (Phi) is 6.65. The highest BCUT2D eigenvalue weighted by Crippen LogP contribution is 2.30. The Morgan fingerprint density at radius 3 is 2.51 bits per heavy atom. The minimum absolute atomic E-state index is 0.0523. The quantitative estimate of drug-likeness (QED) is 0.380. The minimum Gasteiger partial charge on any atom is -0.480 e. The average molecular weight is 545 g/mol. The SMILES string of the molecule is COc1nc(N2CCC(N(C)C)C2)cc2c1c(=O)n(-c1cncc(Cl)c1)c(=O)n2-c1ccc(F)c(Cl)c1. The van der Waals surface area contributed by atoms with Gasteiger partial charge in [0.1, 0.15) is 17.0 Å². The van der Waals surface area contributed by atoms with Crippen molar-refractivity contribution in [1.82, 2.24) is 24.0 Å². The van der Waals surface area contributed by atoms with Gasteiger partial charge in [0.2, 0.25) is 5.88 Å². The van der Waals surface area contributed by atoms with Gasteiger partial charge in [0.05, 0.1) is 40.2 Å². The molecular formula is C25H23Cl2FN6O3. The van der Waals surface area contributed by atoms with Gasteiger partial charge in [-0.25, -0.2) is 13.8 Å². The van der Waals surface area contributed by atoms with Gasteiger partial charge in [-0.3, -0.25) is 14.3 Å². The zero-order chi connectivity index (χ0) is 26.4. The van der Waals surface area contributed by atoms with Crippen LogP contribution in [0.4, 0.5) is 10.2 Å². The van der Waals surface area contributed by atoms with E-state index in [1.807, 2.05) is 14.1 Å². The van der Waals surface area contributed by atoms with Crippen LogP contribution in [0.2, 0.25) is 10.0 Å². The van der Waals surface area contributed by atoms with Crippen LogP contribution in [-0.2, 0) is 0 Å². The van der Waals surface area contributed by atoms with Gasteiger partial charge in [0.15, 0.2) is 0 Å². The van der Waals surface area contributed by atoms with Crippen molar-refractivity contribution < 1.29 is 9.13 Å². The fourth-order valence-electron chi connectivity index (χ4n) is 4.58. The summed E-state index contributed by atoms with van der Waals surface area (Å²) in [6, 6.07) is 7.35. The molecule has 1 unspecified atom stereocenters. The number of benzene rings is 1. The minimum atomic E-state index is -0.712. The summed E-state index contributed by atoms with van der Waals surface area (Å²) in [6.07, 6.45) is 3.67. The lowest BCUT2D eigenvalue weighted by Crippen LogP contribution is -2.39. The highest BCUT2D eigenvalue weighted by Gasteiger charge is 2.28. The predicted octanol–water partition coefficient (Wildman–Crippen LogP) is 3.53. The standard InChI is InChI=1S/C25H23Cl2FN6O3/c1-31(2)16-6-7-32(13-16)21-10-20-22(23(30-21)37-3)24(35)34(17-8-14(26)11-29-12-17)25(36)33(20)15-4-5-19(28)18(27)9-15/h4-5,8-12,16H,6-7,13H2,1-3H3. The first kappa shape index (κ1) is 25.2. The second kappa shape index (κ2) is 9.77. The van der Waals surface area contributed by atoms with E-state index in [4.69, 9.17) is 27.9 Å². The van der Waals surface area contributed by atoms with Crippen molar-refractivity contribution in [2.24, 2.45) is 0 Å². The van der Waals surface area contributed by atoms with Gasteiger partial charge in [-0.15, -0.1) is 0 Å². The van der Waals surface area contributed by atoms with Crippen molar-refractivity contribution in [2.75, 3.05) is 39.2 Å². The third-order valence-electron chi connectivity index (χ3n) is 6.51. The number of aromatic nitrogens is 4. The Hall–Kier alpha value is -3.47. The number of hydrogen-bond donors (Lipinski definition) is 0. The van der Waals surface area contributed by atoms with Crippen LogP contribution >= 0.6 is 23.2 Å². The molecule has 12 heteroatoms. The van der Waals surface area contributed by atoms with E-state index >= 15 is 0 Å². The Labute approximate surface area is 221 Å². The van der Waals surface area contributed by atoms with Crippen molar-refractivity contribution in [1.29, 1.82) is 0 Å². The Balaban J connectivity index is 1.86. The maximum atomic E-state index is 14.0. The second-order valence-electron chi connectivity index (χ2n) is 8.95. The van der Waals surface area contributed by atoms with E-state index in [-0.39, 0.29) is 38.2 Å². The molecule has 4 heterocycles. The molecule has 192 valence electrons. The van der Waals surface area contributed by atoms with E-state index in [0.717, 1.165) is 23.6 Å². The number of nitrogens with zero attached hydrogens (tertiary/aromatic N) is 6. The van der Waals surface area contributed by atoms with Crippen molar-refractivity contribution in [3.63, 3.8) is 0 Å². The summed E-state index contributed by atoms with van der Waals surface area (Å²) < 4.78 is 21.8. The van der Waals surface area contributed by atoms with E-state index < -0.39 is 17.1 Å². The van der Waals surface area contributed by atoms with Crippen LogP contribution in [0.25, 0.3) is 22.3 Å². The molecule has 9 nitrogen and oxygen atoms in total. The monoisotopic (exact) mass is 544 g/mol. The van der Waals surface area contributed by atoms with Gasteiger partial charge < -0.3 is 14.5 Å². The normalized spacial score (nSPS) is 15.6. The number of fused-ring (bicyclic) bond motifs is 1. The van der Waals surface area contributed by atoms with E-state index in [0.29, 0.717) is 18.4 Å². The molecule has 0 spiro atoms. The molecule has 0 saturated carbocycles. The van der Waals surface area contributed by atoms with E-state index in [1.54, 1.807) is 6.07 Å². The number of likely N-dealkylation sites (N-methyl/N-ethyl adjacent to an activating group) is 1. The average Bonchev–Trinajstić information content (AvgIpc) is 3.36. The van der Waals surface area contributed by atoms with Gasteiger partial charge in [0.25, 0.3) is 5.56 Å². The first-order valence-electron chi connectivity index (χ1n) is 11.4. The molecule has 1 aromatic carbocycles. The zero-order valence-electron chi connectivity index (χ0n) is 20.3. The van der Waals surface area contributed by atoms with Crippen molar-refractivity contribution >= 4 is 39.9 Å². The summed E-state index contributed by atoms with van der Waals surface area (Å²) in [4.78, 5) is 40.6. The van der Waals surface area contributed by atoms with Crippen molar-refractivity contribution in [2.45, 2.75) is 12.5 Å². The summed E-state index contributed by atoms with van der Waals surface area (Å²) in [5.41, 5.74) is -0.699. The lowest BCUT2D eigenvalue weighted by molar-refractivity contribution is 0.315. The van der Waals surface area contributed by atoms with Gasteiger partial charge in [0, 0.05) is 31.4 Å². The Morgan fingerprint density at radius 2 is 1.86 bits per heavy atom. The summed E-state index contributed by atoms with van der Waals surface area (Å²) >= 11 is 12.2. The number of anilines is 1. The molecule has 4 aromatic rings. The highest BCUT2D eigenvalue weighted by molar-refractivity contribution is 6.31. The maximum absolute atomic E-state index is 14.0. The van der Waals surface area contributed by atoms with Gasteiger partial charge in [-0.1, -0.05) is 23.2 Å². The predicted molar refractivity (Wildman–Crippen MR) is 142 cm³/mol. The van der Waals surface area contributed by atoms with Crippen LogP contribution in [0.3, 0.4) is 0 Å². The molecular weight excluding hydrogens is 522 g/mol. The molecule has 1 atom stereocenters. The molecule has 0 bridgehead atoms. The third-order valence-corrected chi connectivity index (χ3v) is 7.01. The second-order valence-corrected chi connectivity index (χ2v) is 9.80. The van der Waals surface area contributed by atoms with Crippen LogP contribution in [0.5, 0.6) is 5.88 Å². The molecule has 0 N–H and O–H groups in total. The topological polar surface area (TPSA) is 85.5 Å². The lowest BCUT2D eigenvalue weighted by Gasteiger charge is -2.23. The van der Waals surface area contributed by atoms with Crippen LogP contribution in [0.1, 0.15) is 6.42 Å². The third kappa shape index (κ3) is 4.45. The molecule has 3 aromatic heterocycles. The lowest BCUT2D eigenvalue weighted by atomic mass is 10.2. The Bertz CT molecular complexity index is 1640. The summed E-state index contributed by atoms with van der Waals surface area (Å²) in [5, 5.41) is 0.133. The van der Waals surface area contributed by atoms with Crippen LogP contribution in [0, 0.1) is 5.82 Å². The zero-order valence-corrected chi connectivity index (χ0v) is 21.8. The molecule has 1 aliphatic rings. The fourth-order valence-corrected chi connectivity index (χ4v) is 4.92. The molecule has 5 rings (SSSR count). The number of ether oxygens (including phenoxy) is 1. The molecule has 1 saturated heterocycles. The van der Waals surface area contributed by atoms with Gasteiger partial charge >= 0.3 is 5.69 Å². The molecule has 1 aliphatic heterocycles. The number of rotatable bonds is 5. The van der Waals surface area contributed by atoms with Crippen molar-refractivity contribution in [3.8, 4) is 17.3 Å². The molecule has 37 heavy (non-hydrogen) atoms. The number of methoxy groups -OCH3 is 1. The number of halogens is 3. The summed E-state index contributed by atoms with van der Waals surface area (Å²) in [7, 11) is 5.45. The largest absolute Gasteiger partial charge is 0.480 e. The van der Waals surface area contributed by atoms with E-state index in [2.05, 4.69) is 19.8 Å². The van der Waals surface area contributed by atoms with Crippen LogP contribution < -0.4 is 20.9 Å². The van der Waals surface area contributed by atoms with Gasteiger partial charge in [-0.05, 0) is 44.8 Å². The number of hydrogen-bond acceptors (Lipinski definition) is 7. The molecule has 0 radical (unpaired) electrons. The van der Waals surface area contributed by atoms with E-state index in [1.165, 1.54) is 42.3 Å². The maximum Gasteiger partial charge on any atom is 0.340 e. The number of pyridine rings is 2. The van der Waals surface area contributed by atoms with Crippen LogP contribution in [-0.4, -0.2) is 64.3 Å². The van der Waals surface area contributed by atoms with Crippen molar-refractivity contribution in [3.05, 3.63) is 79.4 Å². The summed E-state index contributed by atoms with van der Waals surface area (Å²) in [6.45, 7) is 1.45.